The number of piperidine rings is 1. The highest BCUT2D eigenvalue weighted by atomic mass is 16.5. The lowest BCUT2D eigenvalue weighted by Crippen LogP contribution is -2.57. The van der Waals surface area contributed by atoms with Gasteiger partial charge in [0, 0.05) is 58.0 Å². The number of nitrogens with one attached hydrogen (secondary N) is 1. The number of morpholine rings is 1. The average molecular weight is 405 g/mol. The zero-order valence-corrected chi connectivity index (χ0v) is 17.3. The number of rotatable bonds is 3. The second kappa shape index (κ2) is 8.31. The van der Waals surface area contributed by atoms with E-state index in [1.54, 1.807) is 6.20 Å². The molecule has 2 fully saturated rings. The minimum Gasteiger partial charge on any atom is -0.378 e. The Kier molecular flexibility index (Phi) is 5.78. The summed E-state index contributed by atoms with van der Waals surface area (Å²) in [6.07, 6.45) is 4.42. The lowest BCUT2D eigenvalue weighted by atomic mass is 9.88. The smallest absolute Gasteiger partial charge is 0.317 e. The van der Waals surface area contributed by atoms with Crippen LogP contribution < -0.4 is 5.32 Å². The van der Waals surface area contributed by atoms with Gasteiger partial charge in [-0.3, -0.25) is 4.79 Å². The lowest BCUT2D eigenvalue weighted by Gasteiger charge is -2.46. The largest absolute Gasteiger partial charge is 0.378 e. The molecule has 160 valence electrons. The number of urea groups is 1. The highest BCUT2D eigenvalue weighted by Gasteiger charge is 2.48. The van der Waals surface area contributed by atoms with Gasteiger partial charge in [0.25, 0.3) is 5.91 Å². The van der Waals surface area contributed by atoms with Gasteiger partial charge >= 0.3 is 6.03 Å². The van der Waals surface area contributed by atoms with Crippen molar-refractivity contribution in [2.75, 3.05) is 45.9 Å². The van der Waals surface area contributed by atoms with Crippen molar-refractivity contribution in [1.82, 2.24) is 24.7 Å². The molecule has 0 radical (unpaired) electrons. The fraction of sp³-hybridized carbons (Fsp3) is 0.750. The quantitative estimate of drug-likeness (QED) is 0.804. The SMILES string of the molecule is CC(C)CNC(=O)N1CCC2(CC1)O[C@H](C(=O)N1CCOCC1)Cn1ccnc12. The predicted molar refractivity (Wildman–Crippen MR) is 105 cm³/mol. The molecule has 2 saturated heterocycles. The number of imidazole rings is 1. The molecule has 0 aliphatic carbocycles. The summed E-state index contributed by atoms with van der Waals surface area (Å²) in [5.74, 6) is 1.30. The van der Waals surface area contributed by atoms with Gasteiger partial charge in [0.15, 0.2) is 6.10 Å². The first-order valence-electron chi connectivity index (χ1n) is 10.6. The maximum atomic E-state index is 13.1. The van der Waals surface area contributed by atoms with Crippen LogP contribution in [0, 0.1) is 5.92 Å². The second-order valence-corrected chi connectivity index (χ2v) is 8.51. The van der Waals surface area contributed by atoms with Gasteiger partial charge < -0.3 is 29.2 Å². The van der Waals surface area contributed by atoms with Gasteiger partial charge in [-0.1, -0.05) is 13.8 Å². The molecule has 0 unspecified atom stereocenters. The topological polar surface area (TPSA) is 88.9 Å². The van der Waals surface area contributed by atoms with Gasteiger partial charge in [-0.15, -0.1) is 0 Å². The maximum absolute atomic E-state index is 13.1. The summed E-state index contributed by atoms with van der Waals surface area (Å²) in [5, 5.41) is 2.98. The molecule has 0 aromatic carbocycles. The van der Waals surface area contributed by atoms with E-state index >= 15 is 0 Å². The minimum absolute atomic E-state index is 0.0177. The van der Waals surface area contributed by atoms with Crippen LogP contribution in [0.4, 0.5) is 4.79 Å². The number of likely N-dealkylation sites (tertiary alicyclic amines) is 1. The molecule has 29 heavy (non-hydrogen) atoms. The van der Waals surface area contributed by atoms with Crippen LogP contribution in [-0.2, 0) is 26.4 Å². The summed E-state index contributed by atoms with van der Waals surface area (Å²) in [4.78, 5) is 33.7. The van der Waals surface area contributed by atoms with Crippen molar-refractivity contribution in [3.63, 3.8) is 0 Å². The van der Waals surface area contributed by atoms with Crippen molar-refractivity contribution in [3.8, 4) is 0 Å². The van der Waals surface area contributed by atoms with Gasteiger partial charge in [-0.25, -0.2) is 9.78 Å². The zero-order valence-electron chi connectivity index (χ0n) is 17.3. The van der Waals surface area contributed by atoms with Crippen molar-refractivity contribution in [1.29, 1.82) is 0 Å². The molecule has 1 N–H and O–H groups in total. The highest BCUT2D eigenvalue weighted by molar-refractivity contribution is 5.81. The van der Waals surface area contributed by atoms with Gasteiger partial charge in [-0.05, 0) is 5.92 Å². The number of ether oxygens (including phenoxy) is 2. The van der Waals surface area contributed by atoms with E-state index < -0.39 is 11.7 Å². The fourth-order valence-corrected chi connectivity index (χ4v) is 4.33. The third-order valence-corrected chi connectivity index (χ3v) is 5.97. The standard InChI is InChI=1S/C20H31N5O4/c1-15(2)13-22-19(27)24-6-3-20(4-7-24)18-21-5-8-25(18)14-16(29-20)17(26)23-9-11-28-12-10-23/h5,8,15-16H,3-4,6-7,9-14H2,1-2H3,(H,22,27)/t16-/m0/s1. The van der Waals surface area contributed by atoms with E-state index in [-0.39, 0.29) is 11.9 Å². The number of hydrogen-bond acceptors (Lipinski definition) is 5. The number of carbonyl (C=O) groups excluding carboxylic acids is 2. The third kappa shape index (κ3) is 4.11. The molecule has 1 aromatic heterocycles. The molecule has 4 heterocycles. The van der Waals surface area contributed by atoms with E-state index in [9.17, 15) is 9.59 Å². The summed E-state index contributed by atoms with van der Waals surface area (Å²) in [6, 6.07) is -0.0337. The molecule has 0 bridgehead atoms. The Morgan fingerprint density at radius 3 is 2.62 bits per heavy atom. The summed E-state index contributed by atoms with van der Waals surface area (Å²) in [7, 11) is 0. The Morgan fingerprint density at radius 1 is 1.21 bits per heavy atom. The Morgan fingerprint density at radius 2 is 1.93 bits per heavy atom. The van der Waals surface area contributed by atoms with Crippen LogP contribution in [0.1, 0.15) is 32.5 Å². The van der Waals surface area contributed by atoms with Crippen molar-refractivity contribution in [2.45, 2.75) is 44.9 Å². The summed E-state index contributed by atoms with van der Waals surface area (Å²) in [6.45, 7) is 8.80. The van der Waals surface area contributed by atoms with Crippen molar-refractivity contribution < 1.29 is 19.1 Å². The number of nitrogens with zero attached hydrogens (tertiary/aromatic N) is 4. The first-order valence-corrected chi connectivity index (χ1v) is 10.6. The first kappa shape index (κ1) is 20.2. The molecule has 3 aliphatic heterocycles. The molecule has 9 nitrogen and oxygen atoms in total. The van der Waals surface area contributed by atoms with Crippen molar-refractivity contribution in [2.24, 2.45) is 5.92 Å². The first-order chi connectivity index (χ1) is 14.0. The normalized spacial score (nSPS) is 23.9. The van der Waals surface area contributed by atoms with Crippen LogP contribution in [0.25, 0.3) is 0 Å². The Hall–Kier alpha value is -2.13. The van der Waals surface area contributed by atoms with Crippen molar-refractivity contribution in [3.05, 3.63) is 18.2 Å². The molecular formula is C20H31N5O4. The molecule has 0 saturated carbocycles. The van der Waals surface area contributed by atoms with Gasteiger partial charge in [-0.2, -0.15) is 0 Å². The van der Waals surface area contributed by atoms with E-state index in [4.69, 9.17) is 9.47 Å². The number of carbonyl (C=O) groups is 2. The lowest BCUT2D eigenvalue weighted by molar-refractivity contribution is -0.182. The summed E-state index contributed by atoms with van der Waals surface area (Å²) < 4.78 is 13.9. The maximum Gasteiger partial charge on any atom is 0.317 e. The van der Waals surface area contributed by atoms with Crippen LogP contribution in [0.2, 0.25) is 0 Å². The molecule has 1 atom stereocenters. The fourth-order valence-electron chi connectivity index (χ4n) is 4.33. The van der Waals surface area contributed by atoms with Gasteiger partial charge in [0.05, 0.1) is 19.8 Å². The molecule has 3 amide bonds. The number of fused-ring (bicyclic) bond motifs is 2. The van der Waals surface area contributed by atoms with Crippen molar-refractivity contribution >= 4 is 11.9 Å². The van der Waals surface area contributed by atoms with Crippen LogP contribution in [-0.4, -0.2) is 83.3 Å². The number of aromatic nitrogens is 2. The van der Waals surface area contributed by atoms with Gasteiger partial charge in [0.2, 0.25) is 0 Å². The molecular weight excluding hydrogens is 374 g/mol. The van der Waals surface area contributed by atoms with E-state index in [0.29, 0.717) is 71.2 Å². The molecule has 4 rings (SSSR count). The molecule has 1 spiro atoms. The molecule has 1 aromatic rings. The molecule has 9 heteroatoms. The van der Waals surface area contributed by atoms with Crippen LogP contribution in [0.3, 0.4) is 0 Å². The monoisotopic (exact) mass is 405 g/mol. The number of amides is 3. The van der Waals surface area contributed by atoms with E-state index in [1.807, 2.05) is 20.6 Å². The van der Waals surface area contributed by atoms with Gasteiger partial charge in [0.1, 0.15) is 11.4 Å². The number of hydrogen-bond donors (Lipinski definition) is 1. The van der Waals surface area contributed by atoms with Crippen LogP contribution in [0.15, 0.2) is 12.4 Å². The zero-order chi connectivity index (χ0) is 20.4. The Bertz CT molecular complexity index is 735. The van der Waals surface area contributed by atoms with Crippen LogP contribution >= 0.6 is 0 Å². The summed E-state index contributed by atoms with van der Waals surface area (Å²) >= 11 is 0. The average Bonchev–Trinajstić information content (AvgIpc) is 3.22. The summed E-state index contributed by atoms with van der Waals surface area (Å²) in [5.41, 5.74) is -0.622. The minimum atomic E-state index is -0.622. The molecule has 3 aliphatic rings. The van der Waals surface area contributed by atoms with E-state index in [1.165, 1.54) is 0 Å². The van der Waals surface area contributed by atoms with Crippen LogP contribution in [0.5, 0.6) is 0 Å². The Balaban J connectivity index is 1.45. The van der Waals surface area contributed by atoms with E-state index in [0.717, 1.165) is 5.82 Å². The predicted octanol–water partition coefficient (Wildman–Crippen LogP) is 0.797. The second-order valence-electron chi connectivity index (χ2n) is 8.51. The third-order valence-electron chi connectivity index (χ3n) is 5.97. The van der Waals surface area contributed by atoms with E-state index in [2.05, 4.69) is 24.1 Å². The highest BCUT2D eigenvalue weighted by Crippen LogP contribution is 2.40. The Labute approximate surface area is 171 Å².